The van der Waals surface area contributed by atoms with Gasteiger partial charge in [-0.05, 0) is 24.3 Å². The summed E-state index contributed by atoms with van der Waals surface area (Å²) in [6.07, 6.45) is 2.33. The first-order valence-corrected chi connectivity index (χ1v) is 10.4. The summed E-state index contributed by atoms with van der Waals surface area (Å²) in [4.78, 5) is 36.4. The normalized spacial score (nSPS) is 14.8. The zero-order valence-electron chi connectivity index (χ0n) is 17.3. The predicted octanol–water partition coefficient (Wildman–Crippen LogP) is 4.15. The van der Waals surface area contributed by atoms with E-state index in [1.807, 2.05) is 0 Å². The van der Waals surface area contributed by atoms with Crippen molar-refractivity contribution in [3.05, 3.63) is 71.8 Å². The lowest BCUT2D eigenvalue weighted by Gasteiger charge is -2.34. The van der Waals surface area contributed by atoms with Crippen molar-refractivity contribution in [1.82, 2.24) is 19.3 Å². The van der Waals surface area contributed by atoms with Crippen LogP contribution in [0.3, 0.4) is 0 Å². The molecule has 5 rings (SSSR count). The van der Waals surface area contributed by atoms with Crippen molar-refractivity contribution in [2.24, 2.45) is 0 Å². The van der Waals surface area contributed by atoms with Gasteiger partial charge in [0.1, 0.15) is 11.7 Å². The Balaban J connectivity index is 1.50. The zero-order valence-corrected chi connectivity index (χ0v) is 18.0. The van der Waals surface area contributed by atoms with Crippen LogP contribution in [-0.4, -0.2) is 50.7 Å². The average Bonchev–Trinajstić information content (AvgIpc) is 3.46. The molecule has 0 saturated carbocycles. The first kappa shape index (κ1) is 22.0. The van der Waals surface area contributed by atoms with Gasteiger partial charge in [-0.25, -0.2) is 4.98 Å². The number of halogens is 4. The summed E-state index contributed by atoms with van der Waals surface area (Å²) < 4.78 is 47.5. The fraction of sp³-hybridized carbons (Fsp3) is 0.182. The van der Waals surface area contributed by atoms with Gasteiger partial charge in [-0.15, -0.1) is 0 Å². The van der Waals surface area contributed by atoms with E-state index in [4.69, 9.17) is 16.0 Å². The highest BCUT2D eigenvalue weighted by atomic mass is 35.5. The van der Waals surface area contributed by atoms with Crippen molar-refractivity contribution in [3.8, 4) is 11.1 Å². The molecule has 0 N–H and O–H groups in total. The summed E-state index contributed by atoms with van der Waals surface area (Å²) in [6.45, 7) is 0.0965. The summed E-state index contributed by atoms with van der Waals surface area (Å²) in [6, 6.07) is 5.77. The van der Waals surface area contributed by atoms with E-state index in [0.29, 0.717) is 11.3 Å². The van der Waals surface area contributed by atoms with E-state index in [1.54, 1.807) is 24.5 Å². The number of carbonyl (C=O) groups excluding carboxylic acids is 2. The van der Waals surface area contributed by atoms with Gasteiger partial charge < -0.3 is 14.2 Å². The molecule has 1 aliphatic rings. The number of fused-ring (bicyclic) bond motifs is 1. The van der Waals surface area contributed by atoms with E-state index >= 15 is 0 Å². The van der Waals surface area contributed by atoms with Crippen molar-refractivity contribution in [2.45, 2.75) is 6.18 Å². The van der Waals surface area contributed by atoms with E-state index in [0.717, 1.165) is 10.5 Å². The van der Waals surface area contributed by atoms with Gasteiger partial charge in [-0.3, -0.25) is 19.0 Å². The Morgan fingerprint density at radius 2 is 1.88 bits per heavy atom. The number of aromatic nitrogens is 3. The van der Waals surface area contributed by atoms with Crippen molar-refractivity contribution >= 4 is 34.7 Å². The Bertz CT molecular complexity index is 1390. The SMILES string of the molecule is O=C(c1nc2c(C(F)(F)F)cc(-c3ccoc3)cn2c1Cl)N1CCN(c2ccncc2)C(=O)C1. The molecule has 0 aromatic carbocycles. The molecule has 8 nitrogen and oxygen atoms in total. The molecule has 12 heteroatoms. The topological polar surface area (TPSA) is 84.0 Å². The number of anilines is 1. The van der Waals surface area contributed by atoms with Crippen LogP contribution >= 0.6 is 11.6 Å². The van der Waals surface area contributed by atoms with Gasteiger partial charge in [0.15, 0.2) is 11.3 Å². The lowest BCUT2D eigenvalue weighted by Crippen LogP contribution is -2.52. The second-order valence-electron chi connectivity index (χ2n) is 7.57. The monoisotopic (exact) mass is 489 g/mol. The Hall–Kier alpha value is -3.86. The maximum atomic E-state index is 13.8. The van der Waals surface area contributed by atoms with Crippen LogP contribution < -0.4 is 4.90 Å². The van der Waals surface area contributed by atoms with Crippen LogP contribution in [0.5, 0.6) is 0 Å². The number of amides is 2. The summed E-state index contributed by atoms with van der Waals surface area (Å²) in [7, 11) is 0. The second kappa shape index (κ2) is 8.17. The summed E-state index contributed by atoms with van der Waals surface area (Å²) >= 11 is 6.35. The minimum Gasteiger partial charge on any atom is -0.472 e. The average molecular weight is 490 g/mol. The maximum absolute atomic E-state index is 13.8. The highest BCUT2D eigenvalue weighted by molar-refractivity contribution is 6.33. The number of furan rings is 1. The van der Waals surface area contributed by atoms with Crippen molar-refractivity contribution in [3.63, 3.8) is 0 Å². The highest BCUT2D eigenvalue weighted by Gasteiger charge is 2.37. The van der Waals surface area contributed by atoms with Gasteiger partial charge in [-0.1, -0.05) is 11.6 Å². The third-order valence-corrected chi connectivity index (χ3v) is 5.87. The number of alkyl halides is 3. The fourth-order valence-electron chi connectivity index (χ4n) is 3.84. The molecule has 5 heterocycles. The number of hydrogen-bond donors (Lipinski definition) is 0. The van der Waals surface area contributed by atoms with E-state index in [2.05, 4.69) is 9.97 Å². The minimum atomic E-state index is -4.75. The van der Waals surface area contributed by atoms with Crippen LogP contribution in [0.1, 0.15) is 16.1 Å². The third kappa shape index (κ3) is 3.77. The summed E-state index contributed by atoms with van der Waals surface area (Å²) in [5.74, 6) is -1.07. The molecule has 4 aromatic heterocycles. The van der Waals surface area contributed by atoms with Crippen molar-refractivity contribution < 1.29 is 27.2 Å². The molecule has 0 aliphatic carbocycles. The van der Waals surface area contributed by atoms with Crippen molar-refractivity contribution in [2.75, 3.05) is 24.5 Å². The van der Waals surface area contributed by atoms with E-state index in [-0.39, 0.29) is 42.0 Å². The van der Waals surface area contributed by atoms with Crippen LogP contribution in [0.15, 0.2) is 59.8 Å². The van der Waals surface area contributed by atoms with Crippen LogP contribution in [0.2, 0.25) is 5.15 Å². The first-order chi connectivity index (χ1) is 16.2. The molecule has 0 spiro atoms. The second-order valence-corrected chi connectivity index (χ2v) is 7.93. The van der Waals surface area contributed by atoms with Crippen LogP contribution in [0, 0.1) is 0 Å². The van der Waals surface area contributed by atoms with E-state index in [9.17, 15) is 22.8 Å². The van der Waals surface area contributed by atoms with E-state index in [1.165, 1.54) is 34.6 Å². The van der Waals surface area contributed by atoms with Crippen LogP contribution in [0.25, 0.3) is 16.8 Å². The standard InChI is InChI=1S/C22H15ClF3N5O3/c23-19-18(21(33)29-6-7-30(17(32)11-29)15-1-4-27-5-2-15)28-20-16(22(24,25)26)9-14(10-31(19)20)13-3-8-34-12-13/h1-5,8-10,12H,6-7,11H2. The van der Waals surface area contributed by atoms with Gasteiger partial charge in [0.05, 0.1) is 18.1 Å². The molecule has 0 radical (unpaired) electrons. The van der Waals surface area contributed by atoms with Gasteiger partial charge >= 0.3 is 6.18 Å². The van der Waals surface area contributed by atoms with E-state index < -0.39 is 23.3 Å². The Kier molecular flexibility index (Phi) is 5.28. The molecular weight excluding hydrogens is 475 g/mol. The Labute approximate surface area is 195 Å². The molecule has 1 fully saturated rings. The molecule has 4 aromatic rings. The summed E-state index contributed by atoms with van der Waals surface area (Å²) in [5, 5.41) is -0.278. The summed E-state index contributed by atoms with van der Waals surface area (Å²) in [5.41, 5.74) is -0.683. The molecule has 1 saturated heterocycles. The van der Waals surface area contributed by atoms with Crippen LogP contribution in [0.4, 0.5) is 18.9 Å². The molecule has 2 amide bonds. The number of hydrogen-bond acceptors (Lipinski definition) is 5. The quantitative estimate of drug-likeness (QED) is 0.432. The first-order valence-electron chi connectivity index (χ1n) is 10.0. The zero-order chi connectivity index (χ0) is 24.0. The van der Waals surface area contributed by atoms with Gasteiger partial charge in [0, 0.05) is 48.5 Å². The van der Waals surface area contributed by atoms with Gasteiger partial charge in [-0.2, -0.15) is 13.2 Å². The largest absolute Gasteiger partial charge is 0.472 e. The lowest BCUT2D eigenvalue weighted by molar-refractivity contribution is -0.136. The van der Waals surface area contributed by atoms with Crippen LogP contribution in [-0.2, 0) is 11.0 Å². The van der Waals surface area contributed by atoms with Gasteiger partial charge in [0.2, 0.25) is 5.91 Å². The number of piperazine rings is 1. The molecule has 0 atom stereocenters. The number of imidazole rings is 1. The molecule has 1 aliphatic heterocycles. The van der Waals surface area contributed by atoms with Crippen molar-refractivity contribution in [1.29, 1.82) is 0 Å². The number of pyridine rings is 2. The number of carbonyl (C=O) groups is 2. The predicted molar refractivity (Wildman–Crippen MR) is 115 cm³/mol. The third-order valence-electron chi connectivity index (χ3n) is 5.51. The highest BCUT2D eigenvalue weighted by Crippen LogP contribution is 2.37. The lowest BCUT2D eigenvalue weighted by atomic mass is 10.1. The molecular formula is C22H15ClF3N5O3. The molecule has 174 valence electrons. The van der Waals surface area contributed by atoms with Gasteiger partial charge in [0.25, 0.3) is 5.91 Å². The Morgan fingerprint density at radius 1 is 1.12 bits per heavy atom. The maximum Gasteiger partial charge on any atom is 0.420 e. The number of rotatable bonds is 3. The fourth-order valence-corrected chi connectivity index (χ4v) is 4.09. The molecule has 34 heavy (non-hydrogen) atoms. The molecule has 0 bridgehead atoms. The molecule has 0 unspecified atom stereocenters. The Morgan fingerprint density at radius 3 is 2.53 bits per heavy atom. The number of nitrogens with zero attached hydrogens (tertiary/aromatic N) is 5. The smallest absolute Gasteiger partial charge is 0.420 e. The minimum absolute atomic E-state index is 0.156.